The Hall–Kier alpha value is -1.13. The van der Waals surface area contributed by atoms with Crippen LogP contribution in [0, 0.1) is 0 Å². The predicted molar refractivity (Wildman–Crippen MR) is 118 cm³/mol. The monoisotopic (exact) mass is 502 g/mol. The van der Waals surface area contributed by atoms with E-state index in [4.69, 9.17) is 57.6 Å². The highest BCUT2D eigenvalue weighted by atomic mass is 16.7. The molecule has 0 amide bonds. The first-order valence-corrected chi connectivity index (χ1v) is 11.4. The van der Waals surface area contributed by atoms with Crippen LogP contribution in [-0.4, -0.2) is 149 Å². The van der Waals surface area contributed by atoms with E-state index in [0.29, 0.717) is 92.5 Å². The van der Waals surface area contributed by atoms with Gasteiger partial charge < -0.3 is 57.6 Å². The van der Waals surface area contributed by atoms with Gasteiger partial charge in [-0.05, 0) is 0 Å². The smallest absolute Gasteiger partial charge is 0.432 e. The number of carbonyl (C=O) groups excluding carboxylic acids is 1. The highest BCUT2D eigenvalue weighted by molar-refractivity contribution is 5.59. The van der Waals surface area contributed by atoms with Crippen molar-refractivity contribution in [3.63, 3.8) is 0 Å². The third-order valence-electron chi connectivity index (χ3n) is 3.60. The van der Waals surface area contributed by atoms with E-state index in [-0.39, 0.29) is 39.6 Å². The Kier molecular flexibility index (Phi) is 28.9. The third-order valence-corrected chi connectivity index (χ3v) is 3.60. The highest BCUT2D eigenvalue weighted by Crippen LogP contribution is 1.89. The maximum atomic E-state index is 11.4. The van der Waals surface area contributed by atoms with Crippen LogP contribution < -0.4 is 0 Å². The molecule has 0 radical (unpaired) electrons. The molecule has 0 atom stereocenters. The molecule has 0 rings (SSSR count). The molecule has 204 valence electrons. The Morgan fingerprint density at radius 1 is 0.353 bits per heavy atom. The van der Waals surface area contributed by atoms with Gasteiger partial charge in [0.25, 0.3) is 0 Å². The molecule has 34 heavy (non-hydrogen) atoms. The maximum Gasteiger partial charge on any atom is 0.508 e. The summed E-state index contributed by atoms with van der Waals surface area (Å²) in [5.74, 6) is 0. The van der Waals surface area contributed by atoms with Gasteiger partial charge in [-0.3, -0.25) is 0 Å². The number of carbonyl (C=O) groups is 1. The van der Waals surface area contributed by atoms with Crippen LogP contribution in [-0.2, 0) is 47.4 Å². The van der Waals surface area contributed by atoms with E-state index >= 15 is 0 Å². The molecule has 0 aliphatic carbocycles. The van der Waals surface area contributed by atoms with Crippen molar-refractivity contribution in [1.29, 1.82) is 0 Å². The summed E-state index contributed by atoms with van der Waals surface area (Å²) in [7, 11) is 0. The molecule has 0 spiro atoms. The molecule has 13 nitrogen and oxygen atoms in total. The van der Waals surface area contributed by atoms with Crippen molar-refractivity contribution in [2.24, 2.45) is 0 Å². The van der Waals surface area contributed by atoms with Crippen LogP contribution in [0.2, 0.25) is 0 Å². The minimum atomic E-state index is -0.778. The van der Waals surface area contributed by atoms with Crippen molar-refractivity contribution in [2.75, 3.05) is 132 Å². The van der Waals surface area contributed by atoms with Crippen LogP contribution in [0.3, 0.4) is 0 Å². The predicted octanol–water partition coefficient (Wildman–Crippen LogP) is -0.743. The zero-order valence-electron chi connectivity index (χ0n) is 20.0. The van der Waals surface area contributed by atoms with E-state index in [2.05, 4.69) is 0 Å². The quantitative estimate of drug-likeness (QED) is 0.102. The van der Waals surface area contributed by atoms with Gasteiger partial charge in [0.15, 0.2) is 0 Å². The van der Waals surface area contributed by atoms with Gasteiger partial charge in [-0.1, -0.05) is 0 Å². The minimum absolute atomic E-state index is 0.00464. The Morgan fingerprint density at radius 3 is 0.794 bits per heavy atom. The molecular formula is C21H42O13. The SMILES string of the molecule is O=C(OCCOCCOCCOCCOCCO)OCCOCCOCCOCCOCCO. The van der Waals surface area contributed by atoms with Gasteiger partial charge >= 0.3 is 6.16 Å². The largest absolute Gasteiger partial charge is 0.508 e. The number of ether oxygens (including phenoxy) is 10. The molecule has 0 bridgehead atoms. The van der Waals surface area contributed by atoms with E-state index in [0.717, 1.165) is 0 Å². The maximum absolute atomic E-state index is 11.4. The van der Waals surface area contributed by atoms with Crippen molar-refractivity contribution in [1.82, 2.24) is 0 Å². The van der Waals surface area contributed by atoms with E-state index in [1.54, 1.807) is 0 Å². The van der Waals surface area contributed by atoms with Crippen LogP contribution in [0.1, 0.15) is 0 Å². The summed E-state index contributed by atoms with van der Waals surface area (Å²) in [4.78, 5) is 11.4. The lowest BCUT2D eigenvalue weighted by molar-refractivity contribution is -0.0207. The number of rotatable bonds is 28. The topological polar surface area (TPSA) is 150 Å². The van der Waals surface area contributed by atoms with Gasteiger partial charge in [-0.15, -0.1) is 0 Å². The van der Waals surface area contributed by atoms with Gasteiger partial charge in [0.05, 0.1) is 119 Å². The Labute approximate surface area is 201 Å². The van der Waals surface area contributed by atoms with Crippen molar-refractivity contribution < 1.29 is 62.4 Å². The summed E-state index contributed by atoms with van der Waals surface area (Å²) in [6.07, 6.45) is -0.778. The van der Waals surface area contributed by atoms with Crippen LogP contribution in [0.15, 0.2) is 0 Å². The molecule has 13 heteroatoms. The van der Waals surface area contributed by atoms with E-state index in [1.165, 1.54) is 0 Å². The Balaban J connectivity index is 3.14. The average molecular weight is 503 g/mol. The summed E-state index contributed by atoms with van der Waals surface area (Å²) in [6, 6.07) is 0. The Bertz CT molecular complexity index is 367. The van der Waals surface area contributed by atoms with Crippen LogP contribution in [0.25, 0.3) is 0 Å². The summed E-state index contributed by atoms with van der Waals surface area (Å²) in [5.41, 5.74) is 0. The van der Waals surface area contributed by atoms with Gasteiger partial charge in [0.2, 0.25) is 0 Å². The number of aliphatic hydroxyl groups excluding tert-OH is 2. The van der Waals surface area contributed by atoms with Crippen LogP contribution >= 0.6 is 0 Å². The second-order valence-corrected chi connectivity index (χ2v) is 6.29. The van der Waals surface area contributed by atoms with Crippen molar-refractivity contribution in [2.45, 2.75) is 0 Å². The molecule has 0 fully saturated rings. The summed E-state index contributed by atoms with van der Waals surface area (Å²) >= 11 is 0. The summed E-state index contributed by atoms with van der Waals surface area (Å²) in [5, 5.41) is 17.1. The fourth-order valence-electron chi connectivity index (χ4n) is 2.06. The number of hydrogen-bond acceptors (Lipinski definition) is 13. The first-order valence-electron chi connectivity index (χ1n) is 11.4. The molecule has 0 aliphatic heterocycles. The standard InChI is InChI=1S/C21H42O13/c22-1-3-25-5-7-27-9-11-29-13-15-31-17-19-33-21(24)34-20-18-32-16-14-30-12-10-28-8-6-26-4-2-23/h22-23H,1-20H2. The molecule has 0 aliphatic rings. The first kappa shape index (κ1) is 32.9. The normalized spacial score (nSPS) is 11.1. The van der Waals surface area contributed by atoms with Crippen LogP contribution in [0.4, 0.5) is 4.79 Å². The van der Waals surface area contributed by atoms with Crippen molar-refractivity contribution in [3.05, 3.63) is 0 Å². The highest BCUT2D eigenvalue weighted by Gasteiger charge is 2.03. The molecule has 0 heterocycles. The van der Waals surface area contributed by atoms with E-state index < -0.39 is 6.16 Å². The van der Waals surface area contributed by atoms with Gasteiger partial charge in [0.1, 0.15) is 13.2 Å². The van der Waals surface area contributed by atoms with Gasteiger partial charge in [-0.25, -0.2) is 4.79 Å². The molecule has 0 saturated carbocycles. The summed E-state index contributed by atoms with van der Waals surface area (Å²) < 4.78 is 51.6. The number of aliphatic hydroxyl groups is 2. The lowest BCUT2D eigenvalue weighted by Crippen LogP contribution is -2.17. The zero-order chi connectivity index (χ0) is 24.8. The van der Waals surface area contributed by atoms with Crippen LogP contribution in [0.5, 0.6) is 0 Å². The minimum Gasteiger partial charge on any atom is -0.432 e. The molecule has 0 aromatic rings. The molecule has 0 aromatic heterocycles. The average Bonchev–Trinajstić information content (AvgIpc) is 2.84. The van der Waals surface area contributed by atoms with E-state index in [9.17, 15) is 4.79 Å². The molecule has 0 saturated heterocycles. The van der Waals surface area contributed by atoms with Crippen molar-refractivity contribution in [3.8, 4) is 0 Å². The van der Waals surface area contributed by atoms with E-state index in [1.807, 2.05) is 0 Å². The molecular weight excluding hydrogens is 460 g/mol. The van der Waals surface area contributed by atoms with Crippen molar-refractivity contribution >= 4 is 6.16 Å². The lowest BCUT2D eigenvalue weighted by Gasteiger charge is -2.09. The second kappa shape index (κ2) is 29.9. The molecule has 0 unspecified atom stereocenters. The molecule has 0 aromatic carbocycles. The third kappa shape index (κ3) is 28.9. The Morgan fingerprint density at radius 2 is 0.559 bits per heavy atom. The van der Waals surface area contributed by atoms with Gasteiger partial charge in [-0.2, -0.15) is 0 Å². The lowest BCUT2D eigenvalue weighted by atomic mass is 10.7. The zero-order valence-corrected chi connectivity index (χ0v) is 20.0. The van der Waals surface area contributed by atoms with Gasteiger partial charge in [0, 0.05) is 0 Å². The molecule has 2 N–H and O–H groups in total. The fraction of sp³-hybridized carbons (Fsp3) is 0.952. The second-order valence-electron chi connectivity index (χ2n) is 6.29. The fourth-order valence-corrected chi connectivity index (χ4v) is 2.06. The first-order chi connectivity index (χ1) is 16.8. The summed E-state index contributed by atoms with van der Waals surface area (Å²) in [6.45, 7) is 6.41. The number of hydrogen-bond donors (Lipinski definition) is 2.